The Morgan fingerprint density at radius 1 is 1.00 bits per heavy atom. The predicted molar refractivity (Wildman–Crippen MR) is 134 cm³/mol. The van der Waals surface area contributed by atoms with E-state index in [0.29, 0.717) is 16.5 Å². The lowest BCUT2D eigenvalue weighted by Gasteiger charge is -2.11. The minimum absolute atomic E-state index is 0.0645. The molecule has 9 nitrogen and oxygen atoms in total. The van der Waals surface area contributed by atoms with E-state index in [1.54, 1.807) is 38.5 Å². The van der Waals surface area contributed by atoms with Crippen LogP contribution in [0.15, 0.2) is 83.1 Å². The summed E-state index contributed by atoms with van der Waals surface area (Å²) in [5.74, 6) is 1.91. The van der Waals surface area contributed by atoms with Crippen LogP contribution in [-0.4, -0.2) is 52.0 Å². The lowest BCUT2D eigenvalue weighted by Crippen LogP contribution is -2.20. The highest BCUT2D eigenvalue weighted by Crippen LogP contribution is 2.29. The van der Waals surface area contributed by atoms with Gasteiger partial charge in [0.1, 0.15) is 17.2 Å². The fourth-order valence-corrected chi connectivity index (χ4v) is 3.93. The van der Waals surface area contributed by atoms with E-state index >= 15 is 0 Å². The molecular weight excluding hydrogens is 466 g/mol. The number of thioether (sulfide) groups is 1. The molecule has 1 heterocycles. The number of para-hydroxylation sites is 1. The monoisotopic (exact) mass is 489 g/mol. The number of hydrogen-bond acceptors (Lipinski definition) is 8. The third kappa shape index (κ3) is 5.79. The number of amides is 1. The largest absolute Gasteiger partial charge is 0.507 e. The minimum atomic E-state index is -0.322. The number of phenols is 1. The minimum Gasteiger partial charge on any atom is -0.507 e. The van der Waals surface area contributed by atoms with Gasteiger partial charge >= 0.3 is 0 Å². The second kappa shape index (κ2) is 11.2. The first-order chi connectivity index (χ1) is 17.1. The van der Waals surface area contributed by atoms with E-state index in [0.717, 1.165) is 22.7 Å². The quantitative estimate of drug-likeness (QED) is 0.208. The van der Waals surface area contributed by atoms with E-state index in [2.05, 4.69) is 20.7 Å². The van der Waals surface area contributed by atoms with Crippen LogP contribution >= 0.6 is 11.8 Å². The molecule has 0 atom stereocenters. The van der Waals surface area contributed by atoms with Crippen molar-refractivity contribution in [2.24, 2.45) is 5.10 Å². The summed E-state index contributed by atoms with van der Waals surface area (Å²) in [5.41, 5.74) is 4.63. The first kappa shape index (κ1) is 23.8. The number of carbonyl (C=O) groups excluding carboxylic acids is 1. The van der Waals surface area contributed by atoms with Gasteiger partial charge < -0.3 is 14.6 Å². The molecule has 0 radical (unpaired) electrons. The number of aromatic nitrogens is 3. The third-order valence-corrected chi connectivity index (χ3v) is 5.90. The Morgan fingerprint density at radius 2 is 1.66 bits per heavy atom. The maximum atomic E-state index is 12.4. The molecule has 10 heteroatoms. The van der Waals surface area contributed by atoms with Crippen LogP contribution in [0.2, 0.25) is 0 Å². The number of hydrazone groups is 1. The Labute approximate surface area is 206 Å². The number of benzene rings is 3. The summed E-state index contributed by atoms with van der Waals surface area (Å²) in [7, 11) is 3.22. The zero-order valence-corrected chi connectivity index (χ0v) is 19.9. The number of aromatic hydroxyl groups is 1. The summed E-state index contributed by atoms with van der Waals surface area (Å²) in [6.45, 7) is 0. The molecule has 4 aromatic rings. The average Bonchev–Trinajstić information content (AvgIpc) is 3.32. The van der Waals surface area contributed by atoms with E-state index in [9.17, 15) is 9.90 Å². The number of methoxy groups -OCH3 is 2. The predicted octanol–water partition coefficient (Wildman–Crippen LogP) is 3.90. The van der Waals surface area contributed by atoms with Gasteiger partial charge in [-0.1, -0.05) is 23.9 Å². The number of phenolic OH excluding ortho intramolecular Hbond substituents is 1. The lowest BCUT2D eigenvalue weighted by molar-refractivity contribution is -0.118. The van der Waals surface area contributed by atoms with Crippen LogP contribution in [0.1, 0.15) is 5.56 Å². The van der Waals surface area contributed by atoms with Crippen molar-refractivity contribution < 1.29 is 19.4 Å². The second-order valence-electron chi connectivity index (χ2n) is 7.21. The molecule has 178 valence electrons. The van der Waals surface area contributed by atoms with Crippen molar-refractivity contribution >= 4 is 23.9 Å². The van der Waals surface area contributed by atoms with E-state index in [-0.39, 0.29) is 17.4 Å². The van der Waals surface area contributed by atoms with E-state index in [1.807, 2.05) is 53.1 Å². The van der Waals surface area contributed by atoms with E-state index < -0.39 is 0 Å². The summed E-state index contributed by atoms with van der Waals surface area (Å²) < 4.78 is 12.4. The van der Waals surface area contributed by atoms with Crippen LogP contribution in [-0.2, 0) is 4.79 Å². The topological polar surface area (TPSA) is 111 Å². The Morgan fingerprint density at radius 3 is 2.31 bits per heavy atom. The molecule has 0 bridgehead atoms. The Balaban J connectivity index is 1.54. The summed E-state index contributed by atoms with van der Waals surface area (Å²) in [6, 6.07) is 21.7. The second-order valence-corrected chi connectivity index (χ2v) is 8.15. The van der Waals surface area contributed by atoms with Crippen LogP contribution in [0.4, 0.5) is 0 Å². The molecule has 0 aliphatic heterocycles. The van der Waals surface area contributed by atoms with Gasteiger partial charge in [0.15, 0.2) is 11.0 Å². The van der Waals surface area contributed by atoms with E-state index in [1.165, 1.54) is 18.0 Å². The zero-order chi connectivity index (χ0) is 24.6. The first-order valence-electron chi connectivity index (χ1n) is 10.6. The van der Waals surface area contributed by atoms with Crippen LogP contribution in [0.25, 0.3) is 17.1 Å². The summed E-state index contributed by atoms with van der Waals surface area (Å²) in [4.78, 5) is 12.4. The fourth-order valence-electron chi connectivity index (χ4n) is 3.19. The molecule has 35 heavy (non-hydrogen) atoms. The molecule has 0 spiro atoms. The maximum absolute atomic E-state index is 12.4. The van der Waals surface area contributed by atoms with Gasteiger partial charge in [-0.2, -0.15) is 5.10 Å². The fraction of sp³-hybridized carbons (Fsp3) is 0.120. The highest BCUT2D eigenvalue weighted by molar-refractivity contribution is 7.99. The van der Waals surface area contributed by atoms with E-state index in [4.69, 9.17) is 9.47 Å². The normalized spacial score (nSPS) is 10.9. The molecule has 0 saturated carbocycles. The summed E-state index contributed by atoms with van der Waals surface area (Å²) >= 11 is 1.23. The van der Waals surface area contributed by atoms with Crippen LogP contribution in [0.5, 0.6) is 17.2 Å². The molecular formula is C25H23N5O4S. The van der Waals surface area contributed by atoms with Gasteiger partial charge in [-0.05, 0) is 60.7 Å². The number of ether oxygens (including phenoxy) is 2. The molecule has 0 unspecified atom stereocenters. The van der Waals surface area contributed by atoms with Crippen molar-refractivity contribution in [3.05, 3.63) is 78.4 Å². The van der Waals surface area contributed by atoms with Gasteiger partial charge in [0.05, 0.1) is 26.2 Å². The number of nitrogens with zero attached hydrogens (tertiary/aromatic N) is 4. The molecule has 1 amide bonds. The lowest BCUT2D eigenvalue weighted by atomic mass is 10.2. The average molecular weight is 490 g/mol. The van der Waals surface area contributed by atoms with Crippen LogP contribution in [0.3, 0.4) is 0 Å². The molecule has 0 aliphatic rings. The molecule has 3 aromatic carbocycles. The summed E-state index contributed by atoms with van der Waals surface area (Å²) in [5, 5.41) is 23.0. The van der Waals surface area contributed by atoms with Gasteiger partial charge in [-0.15, -0.1) is 10.2 Å². The van der Waals surface area contributed by atoms with Crippen molar-refractivity contribution in [1.82, 2.24) is 20.2 Å². The van der Waals surface area contributed by atoms with Crippen molar-refractivity contribution in [3.63, 3.8) is 0 Å². The number of nitrogens with one attached hydrogen (secondary N) is 1. The van der Waals surface area contributed by atoms with Crippen molar-refractivity contribution in [2.45, 2.75) is 5.16 Å². The molecule has 2 N–H and O–H groups in total. The SMILES string of the molecule is COc1ccc(-c2nnc(SCC(=O)NN=Cc3ccccc3O)n2-c2ccc(OC)cc2)cc1. The van der Waals surface area contributed by atoms with Crippen LogP contribution in [0, 0.1) is 0 Å². The number of hydrogen-bond donors (Lipinski definition) is 2. The molecule has 0 fully saturated rings. The highest BCUT2D eigenvalue weighted by atomic mass is 32.2. The third-order valence-electron chi connectivity index (χ3n) is 4.97. The maximum Gasteiger partial charge on any atom is 0.250 e. The highest BCUT2D eigenvalue weighted by Gasteiger charge is 2.17. The zero-order valence-electron chi connectivity index (χ0n) is 19.1. The molecule has 0 aliphatic carbocycles. The first-order valence-corrected chi connectivity index (χ1v) is 11.5. The summed E-state index contributed by atoms with van der Waals surface area (Å²) in [6.07, 6.45) is 1.39. The Kier molecular flexibility index (Phi) is 7.63. The van der Waals surface area contributed by atoms with Crippen molar-refractivity contribution in [1.29, 1.82) is 0 Å². The Hall–Kier alpha value is -4.31. The van der Waals surface area contributed by atoms with Gasteiger partial charge in [0, 0.05) is 16.8 Å². The van der Waals surface area contributed by atoms with Crippen LogP contribution < -0.4 is 14.9 Å². The van der Waals surface area contributed by atoms with Crippen molar-refractivity contribution in [2.75, 3.05) is 20.0 Å². The number of rotatable bonds is 9. The van der Waals surface area contributed by atoms with Gasteiger partial charge in [-0.3, -0.25) is 9.36 Å². The molecule has 0 saturated heterocycles. The Bertz CT molecular complexity index is 1320. The van der Waals surface area contributed by atoms with Gasteiger partial charge in [0.25, 0.3) is 5.91 Å². The number of carbonyl (C=O) groups is 1. The molecule has 1 aromatic heterocycles. The van der Waals surface area contributed by atoms with Crippen molar-refractivity contribution in [3.8, 4) is 34.3 Å². The van der Waals surface area contributed by atoms with Gasteiger partial charge in [-0.25, -0.2) is 5.43 Å². The van der Waals surface area contributed by atoms with Gasteiger partial charge in [0.2, 0.25) is 0 Å². The smallest absolute Gasteiger partial charge is 0.250 e. The molecule has 4 rings (SSSR count). The standard InChI is InChI=1S/C25H23N5O4S/c1-33-20-11-7-17(8-12-20)24-28-29-25(30(24)19-9-13-21(34-2)14-10-19)35-16-23(32)27-26-15-18-5-3-4-6-22(18)31/h3-15,31H,16H2,1-2H3,(H,27,32).